The van der Waals surface area contributed by atoms with Gasteiger partial charge in [0.15, 0.2) is 0 Å². The van der Waals surface area contributed by atoms with Crippen molar-refractivity contribution in [2.75, 3.05) is 6.54 Å². The summed E-state index contributed by atoms with van der Waals surface area (Å²) >= 11 is 0. The smallest absolute Gasteiger partial charge is 0.138 e. The summed E-state index contributed by atoms with van der Waals surface area (Å²) in [4.78, 5) is 0. The van der Waals surface area contributed by atoms with Gasteiger partial charge in [-0.2, -0.15) is 0 Å². The molecule has 3 nitrogen and oxygen atoms in total. The average Bonchev–Trinajstić information content (AvgIpc) is 2.47. The number of hydrogen-bond donors (Lipinski definition) is 3. The van der Waals surface area contributed by atoms with Crippen LogP contribution in [0.3, 0.4) is 0 Å². The molecule has 1 atom stereocenters. The zero-order valence-electron chi connectivity index (χ0n) is 13.4. The quantitative estimate of drug-likeness (QED) is 0.679. The second kappa shape index (κ2) is 8.89. The lowest BCUT2D eigenvalue weighted by Crippen LogP contribution is -2.25. The molecular formula is C18H26FNO2. The Morgan fingerprint density at radius 3 is 2.45 bits per heavy atom. The van der Waals surface area contributed by atoms with Gasteiger partial charge in [0, 0.05) is 0 Å². The monoisotopic (exact) mass is 307 g/mol. The Bertz CT molecular complexity index is 528. The standard InChI is InChI=1S/C18H26FNO2/c1-3-9-18(22,10-4-2)11-7-14-13-15(5-6-16(14)19)17(21)8-12-20/h5-6,13,17,21-22H,3-4,8-10,12,20H2,1-2H3. The fraction of sp³-hybridized carbons (Fsp3) is 0.556. The van der Waals surface area contributed by atoms with Crippen LogP contribution < -0.4 is 5.73 Å². The van der Waals surface area contributed by atoms with Crippen LogP contribution >= 0.6 is 0 Å². The minimum Gasteiger partial charge on any atom is -0.388 e. The van der Waals surface area contributed by atoms with E-state index in [-0.39, 0.29) is 5.56 Å². The largest absolute Gasteiger partial charge is 0.388 e. The summed E-state index contributed by atoms with van der Waals surface area (Å²) in [5.74, 6) is 5.10. The number of benzene rings is 1. The second-order valence-electron chi connectivity index (χ2n) is 5.61. The molecule has 4 heteroatoms. The van der Waals surface area contributed by atoms with Gasteiger partial charge in [-0.05, 0) is 43.5 Å². The molecule has 0 saturated heterocycles. The molecule has 0 amide bonds. The second-order valence-corrected chi connectivity index (χ2v) is 5.61. The molecule has 1 unspecified atom stereocenters. The van der Waals surface area contributed by atoms with Crippen LogP contribution in [0, 0.1) is 17.7 Å². The van der Waals surface area contributed by atoms with E-state index < -0.39 is 17.5 Å². The van der Waals surface area contributed by atoms with Gasteiger partial charge in [0.2, 0.25) is 0 Å². The van der Waals surface area contributed by atoms with Crippen LogP contribution in [-0.2, 0) is 0 Å². The molecule has 0 aliphatic carbocycles. The molecule has 1 aromatic rings. The number of aliphatic hydroxyl groups excluding tert-OH is 1. The summed E-state index contributed by atoms with van der Waals surface area (Å²) in [6.45, 7) is 4.31. The summed E-state index contributed by atoms with van der Waals surface area (Å²) in [6.07, 6.45) is 2.42. The molecule has 0 saturated carbocycles. The van der Waals surface area contributed by atoms with Gasteiger partial charge in [-0.25, -0.2) is 4.39 Å². The highest BCUT2D eigenvalue weighted by molar-refractivity contribution is 5.40. The zero-order chi connectivity index (χ0) is 16.6. The van der Waals surface area contributed by atoms with Crippen LogP contribution in [0.15, 0.2) is 18.2 Å². The first-order chi connectivity index (χ1) is 10.5. The van der Waals surface area contributed by atoms with Crippen molar-refractivity contribution in [3.8, 4) is 11.8 Å². The molecule has 22 heavy (non-hydrogen) atoms. The van der Waals surface area contributed by atoms with Gasteiger partial charge >= 0.3 is 0 Å². The Hall–Kier alpha value is -1.41. The Labute approximate surface area is 132 Å². The van der Waals surface area contributed by atoms with E-state index in [0.29, 0.717) is 31.4 Å². The van der Waals surface area contributed by atoms with Crippen molar-refractivity contribution in [1.82, 2.24) is 0 Å². The van der Waals surface area contributed by atoms with Crippen molar-refractivity contribution in [3.63, 3.8) is 0 Å². The maximum Gasteiger partial charge on any atom is 0.138 e. The third kappa shape index (κ3) is 5.42. The molecule has 0 aliphatic heterocycles. The van der Waals surface area contributed by atoms with Gasteiger partial charge in [0.05, 0.1) is 11.7 Å². The molecule has 0 spiro atoms. The van der Waals surface area contributed by atoms with E-state index in [1.54, 1.807) is 0 Å². The minimum absolute atomic E-state index is 0.194. The van der Waals surface area contributed by atoms with E-state index in [0.717, 1.165) is 12.8 Å². The van der Waals surface area contributed by atoms with Crippen LogP contribution in [0.1, 0.15) is 63.2 Å². The van der Waals surface area contributed by atoms with Crippen molar-refractivity contribution in [2.24, 2.45) is 5.73 Å². The first-order valence-electron chi connectivity index (χ1n) is 7.89. The highest BCUT2D eigenvalue weighted by Gasteiger charge is 2.21. The van der Waals surface area contributed by atoms with E-state index in [2.05, 4.69) is 11.8 Å². The van der Waals surface area contributed by atoms with Gasteiger partial charge in [-0.15, -0.1) is 0 Å². The lowest BCUT2D eigenvalue weighted by atomic mass is 9.93. The van der Waals surface area contributed by atoms with Gasteiger partial charge in [0.25, 0.3) is 0 Å². The molecule has 1 aromatic carbocycles. The molecule has 4 N–H and O–H groups in total. The number of rotatable bonds is 7. The van der Waals surface area contributed by atoms with Crippen LogP contribution in [0.5, 0.6) is 0 Å². The Kier molecular flexibility index (Phi) is 7.53. The first kappa shape index (κ1) is 18.6. The predicted octanol–water partition coefficient (Wildman–Crippen LogP) is 2.89. The summed E-state index contributed by atoms with van der Waals surface area (Å²) in [6, 6.07) is 4.35. The minimum atomic E-state index is -1.08. The van der Waals surface area contributed by atoms with Crippen molar-refractivity contribution >= 4 is 0 Å². The number of halogens is 1. The summed E-state index contributed by atoms with van der Waals surface area (Å²) in [5, 5.41) is 20.4. The SMILES string of the molecule is CCCC(O)(C#Cc1cc(C(O)CCN)ccc1F)CCC. The fourth-order valence-corrected chi connectivity index (χ4v) is 2.43. The third-order valence-corrected chi connectivity index (χ3v) is 3.57. The van der Waals surface area contributed by atoms with Gasteiger partial charge in [0.1, 0.15) is 11.4 Å². The van der Waals surface area contributed by atoms with Crippen LogP contribution in [-0.4, -0.2) is 22.4 Å². The zero-order valence-corrected chi connectivity index (χ0v) is 13.4. The first-order valence-corrected chi connectivity index (χ1v) is 7.89. The Morgan fingerprint density at radius 1 is 1.27 bits per heavy atom. The van der Waals surface area contributed by atoms with Crippen LogP contribution in [0.4, 0.5) is 4.39 Å². The Morgan fingerprint density at radius 2 is 1.91 bits per heavy atom. The van der Waals surface area contributed by atoms with E-state index in [1.807, 2.05) is 13.8 Å². The van der Waals surface area contributed by atoms with Crippen LogP contribution in [0.2, 0.25) is 0 Å². The van der Waals surface area contributed by atoms with Crippen molar-refractivity contribution in [2.45, 2.75) is 57.7 Å². The molecule has 0 aliphatic rings. The highest BCUT2D eigenvalue weighted by Crippen LogP contribution is 2.21. The molecule has 0 fully saturated rings. The fourth-order valence-electron chi connectivity index (χ4n) is 2.43. The van der Waals surface area contributed by atoms with Crippen molar-refractivity contribution in [3.05, 3.63) is 35.1 Å². The molecule has 122 valence electrons. The molecular weight excluding hydrogens is 281 g/mol. The van der Waals surface area contributed by atoms with Gasteiger partial charge in [-0.1, -0.05) is 44.6 Å². The summed E-state index contributed by atoms with van der Waals surface area (Å²) in [5.41, 5.74) is 5.12. The number of hydrogen-bond acceptors (Lipinski definition) is 3. The molecule has 1 rings (SSSR count). The molecule has 0 aromatic heterocycles. The third-order valence-electron chi connectivity index (χ3n) is 3.57. The predicted molar refractivity (Wildman–Crippen MR) is 86.7 cm³/mol. The Balaban J connectivity index is 3.06. The van der Waals surface area contributed by atoms with Crippen molar-refractivity contribution < 1.29 is 14.6 Å². The summed E-state index contributed by atoms with van der Waals surface area (Å²) in [7, 11) is 0. The van der Waals surface area contributed by atoms with E-state index in [4.69, 9.17) is 5.73 Å². The normalized spacial score (nSPS) is 12.6. The maximum absolute atomic E-state index is 13.9. The topological polar surface area (TPSA) is 66.5 Å². The van der Waals surface area contributed by atoms with E-state index in [1.165, 1.54) is 18.2 Å². The molecule has 0 radical (unpaired) electrons. The van der Waals surface area contributed by atoms with E-state index in [9.17, 15) is 14.6 Å². The van der Waals surface area contributed by atoms with Gasteiger partial charge in [-0.3, -0.25) is 0 Å². The highest BCUT2D eigenvalue weighted by atomic mass is 19.1. The van der Waals surface area contributed by atoms with Crippen LogP contribution in [0.25, 0.3) is 0 Å². The maximum atomic E-state index is 13.9. The van der Waals surface area contributed by atoms with Gasteiger partial charge < -0.3 is 15.9 Å². The average molecular weight is 307 g/mol. The van der Waals surface area contributed by atoms with Crippen molar-refractivity contribution in [1.29, 1.82) is 0 Å². The lowest BCUT2D eigenvalue weighted by molar-refractivity contribution is 0.0807. The number of nitrogens with two attached hydrogens (primary N) is 1. The van der Waals surface area contributed by atoms with E-state index >= 15 is 0 Å². The molecule has 0 bridgehead atoms. The number of aliphatic hydroxyl groups is 2. The summed E-state index contributed by atoms with van der Waals surface area (Å²) < 4.78 is 13.9. The molecule has 0 heterocycles. The lowest BCUT2D eigenvalue weighted by Gasteiger charge is -2.20.